The van der Waals surface area contributed by atoms with Gasteiger partial charge in [-0.2, -0.15) is 4.98 Å². The van der Waals surface area contributed by atoms with Crippen molar-refractivity contribution in [1.29, 1.82) is 0 Å². The van der Waals surface area contributed by atoms with E-state index >= 15 is 0 Å². The third-order valence-corrected chi connectivity index (χ3v) is 3.15. The molecule has 0 amide bonds. The second kappa shape index (κ2) is 4.06. The highest BCUT2D eigenvalue weighted by atomic mass is 16.5. The van der Waals surface area contributed by atoms with E-state index in [0.717, 1.165) is 28.0 Å². The zero-order chi connectivity index (χ0) is 13.5. The van der Waals surface area contributed by atoms with Gasteiger partial charge in [-0.05, 0) is 31.2 Å². The van der Waals surface area contributed by atoms with Gasteiger partial charge in [0.1, 0.15) is 0 Å². The Balaban J connectivity index is 1.72. The molecule has 1 N–H and O–H groups in total. The van der Waals surface area contributed by atoms with Gasteiger partial charge in [0.2, 0.25) is 5.95 Å². The fourth-order valence-corrected chi connectivity index (χ4v) is 2.15. The van der Waals surface area contributed by atoms with Gasteiger partial charge in [-0.3, -0.25) is 0 Å². The Bertz CT molecular complexity index is 875. The van der Waals surface area contributed by atoms with Crippen molar-refractivity contribution in [2.45, 2.75) is 6.92 Å². The number of nitrogens with zero attached hydrogens (tertiary/aromatic N) is 4. The Kier molecular flexibility index (Phi) is 2.23. The van der Waals surface area contributed by atoms with Crippen LogP contribution < -0.4 is 5.32 Å². The fourth-order valence-electron chi connectivity index (χ4n) is 2.15. The van der Waals surface area contributed by atoms with E-state index < -0.39 is 0 Å². The molecule has 0 spiro atoms. The molecule has 3 heterocycles. The molecule has 6 heteroatoms. The molecule has 0 unspecified atom stereocenters. The standard InChI is InChI=1S/C14H11N5O/c1-9-11-6-5-10(8-12(11)20-18-9)15-14-16-13-4-2-3-7-19(13)17-14/h2-8H,1H3,(H,15,17). The lowest BCUT2D eigenvalue weighted by molar-refractivity contribution is 0.450. The summed E-state index contributed by atoms with van der Waals surface area (Å²) in [6.45, 7) is 1.92. The lowest BCUT2D eigenvalue weighted by atomic mass is 10.2. The minimum Gasteiger partial charge on any atom is -0.356 e. The van der Waals surface area contributed by atoms with Crippen LogP contribution in [0.25, 0.3) is 16.6 Å². The van der Waals surface area contributed by atoms with Crippen molar-refractivity contribution in [3.8, 4) is 0 Å². The summed E-state index contributed by atoms with van der Waals surface area (Å²) in [5.74, 6) is 0.548. The molecule has 0 bridgehead atoms. The number of rotatable bonds is 2. The summed E-state index contributed by atoms with van der Waals surface area (Å²) in [7, 11) is 0. The van der Waals surface area contributed by atoms with Crippen LogP contribution in [0.2, 0.25) is 0 Å². The van der Waals surface area contributed by atoms with E-state index in [2.05, 4.69) is 20.6 Å². The molecule has 20 heavy (non-hydrogen) atoms. The van der Waals surface area contributed by atoms with Gasteiger partial charge in [0.05, 0.1) is 5.69 Å². The maximum absolute atomic E-state index is 5.25. The molecule has 0 aliphatic rings. The summed E-state index contributed by atoms with van der Waals surface area (Å²) in [5.41, 5.74) is 3.30. The first kappa shape index (κ1) is 11.0. The van der Waals surface area contributed by atoms with Crippen LogP contribution >= 0.6 is 0 Å². The van der Waals surface area contributed by atoms with Crippen molar-refractivity contribution in [3.05, 3.63) is 48.3 Å². The van der Waals surface area contributed by atoms with Crippen molar-refractivity contribution in [2.75, 3.05) is 5.32 Å². The predicted molar refractivity (Wildman–Crippen MR) is 75.0 cm³/mol. The van der Waals surface area contributed by atoms with E-state index in [1.807, 2.05) is 49.5 Å². The number of anilines is 2. The first-order valence-corrected chi connectivity index (χ1v) is 6.24. The van der Waals surface area contributed by atoms with E-state index in [1.54, 1.807) is 4.52 Å². The van der Waals surface area contributed by atoms with E-state index in [1.165, 1.54) is 0 Å². The van der Waals surface area contributed by atoms with Gasteiger partial charge in [-0.25, -0.2) is 4.52 Å². The zero-order valence-electron chi connectivity index (χ0n) is 10.7. The molecule has 0 saturated carbocycles. The number of aromatic nitrogens is 4. The Hall–Kier alpha value is -2.89. The van der Waals surface area contributed by atoms with Gasteiger partial charge in [-0.1, -0.05) is 11.2 Å². The van der Waals surface area contributed by atoms with Gasteiger partial charge >= 0.3 is 0 Å². The third-order valence-electron chi connectivity index (χ3n) is 3.15. The third kappa shape index (κ3) is 1.70. The number of fused-ring (bicyclic) bond motifs is 2. The topological polar surface area (TPSA) is 68.2 Å². The number of hydrogen-bond acceptors (Lipinski definition) is 5. The van der Waals surface area contributed by atoms with E-state index in [9.17, 15) is 0 Å². The molecule has 98 valence electrons. The van der Waals surface area contributed by atoms with Crippen LogP contribution in [-0.4, -0.2) is 19.8 Å². The molecule has 4 rings (SSSR count). The van der Waals surface area contributed by atoms with Gasteiger partial charge in [-0.15, -0.1) is 5.10 Å². The highest BCUT2D eigenvalue weighted by molar-refractivity contribution is 5.83. The predicted octanol–water partition coefficient (Wildman–Crippen LogP) is 2.92. The van der Waals surface area contributed by atoms with Crippen molar-refractivity contribution in [1.82, 2.24) is 19.8 Å². The zero-order valence-corrected chi connectivity index (χ0v) is 10.7. The summed E-state index contributed by atoms with van der Waals surface area (Å²) in [6, 6.07) is 11.6. The normalized spacial score (nSPS) is 11.2. The summed E-state index contributed by atoms with van der Waals surface area (Å²) >= 11 is 0. The quantitative estimate of drug-likeness (QED) is 0.603. The van der Waals surface area contributed by atoms with E-state index in [4.69, 9.17) is 4.52 Å². The summed E-state index contributed by atoms with van der Waals surface area (Å²) in [4.78, 5) is 4.39. The molecule has 0 aliphatic heterocycles. The van der Waals surface area contributed by atoms with Gasteiger partial charge in [0, 0.05) is 23.3 Å². The van der Waals surface area contributed by atoms with Crippen LogP contribution in [0.4, 0.5) is 11.6 Å². The number of nitrogens with one attached hydrogen (secondary N) is 1. The molecular weight excluding hydrogens is 254 g/mol. The van der Waals surface area contributed by atoms with Gasteiger partial charge < -0.3 is 9.84 Å². The number of aryl methyl sites for hydroxylation is 1. The molecular formula is C14H11N5O. The van der Waals surface area contributed by atoms with Crippen molar-refractivity contribution >= 4 is 28.3 Å². The molecule has 4 aromatic rings. The van der Waals surface area contributed by atoms with Crippen LogP contribution in [-0.2, 0) is 0 Å². The molecule has 1 aromatic carbocycles. The lowest BCUT2D eigenvalue weighted by Gasteiger charge is -2.00. The number of pyridine rings is 1. The smallest absolute Gasteiger partial charge is 0.247 e. The lowest BCUT2D eigenvalue weighted by Crippen LogP contribution is -1.92. The maximum atomic E-state index is 5.25. The monoisotopic (exact) mass is 265 g/mol. The number of benzene rings is 1. The van der Waals surface area contributed by atoms with Gasteiger partial charge in [0.25, 0.3) is 0 Å². The Morgan fingerprint density at radius 1 is 1.20 bits per heavy atom. The van der Waals surface area contributed by atoms with Crippen LogP contribution in [0.15, 0.2) is 47.1 Å². The largest absolute Gasteiger partial charge is 0.356 e. The van der Waals surface area contributed by atoms with E-state index in [0.29, 0.717) is 5.95 Å². The molecule has 0 saturated heterocycles. The highest BCUT2D eigenvalue weighted by Crippen LogP contribution is 2.23. The first-order chi connectivity index (χ1) is 9.79. The highest BCUT2D eigenvalue weighted by Gasteiger charge is 2.07. The van der Waals surface area contributed by atoms with Crippen molar-refractivity contribution in [3.63, 3.8) is 0 Å². The average molecular weight is 265 g/mol. The van der Waals surface area contributed by atoms with Crippen LogP contribution in [0.5, 0.6) is 0 Å². The van der Waals surface area contributed by atoms with Crippen molar-refractivity contribution < 1.29 is 4.52 Å². The Morgan fingerprint density at radius 2 is 2.15 bits per heavy atom. The van der Waals surface area contributed by atoms with Crippen LogP contribution in [0.1, 0.15) is 5.69 Å². The Labute approximate surface area is 114 Å². The van der Waals surface area contributed by atoms with Gasteiger partial charge in [0.15, 0.2) is 11.2 Å². The van der Waals surface area contributed by atoms with Crippen molar-refractivity contribution in [2.24, 2.45) is 0 Å². The second-order valence-electron chi connectivity index (χ2n) is 4.54. The summed E-state index contributed by atoms with van der Waals surface area (Å²) in [6.07, 6.45) is 1.86. The molecule has 6 nitrogen and oxygen atoms in total. The minimum atomic E-state index is 0.548. The molecule has 3 aromatic heterocycles. The number of hydrogen-bond donors (Lipinski definition) is 1. The minimum absolute atomic E-state index is 0.548. The summed E-state index contributed by atoms with van der Waals surface area (Å²) < 4.78 is 6.97. The summed E-state index contributed by atoms with van der Waals surface area (Å²) in [5, 5.41) is 12.5. The molecule has 0 aliphatic carbocycles. The maximum Gasteiger partial charge on any atom is 0.247 e. The van der Waals surface area contributed by atoms with E-state index in [-0.39, 0.29) is 0 Å². The fraction of sp³-hybridized carbons (Fsp3) is 0.0714. The second-order valence-corrected chi connectivity index (χ2v) is 4.54. The molecule has 0 radical (unpaired) electrons. The average Bonchev–Trinajstić information content (AvgIpc) is 3.02. The SMILES string of the molecule is Cc1noc2cc(Nc3nc4ccccn4n3)ccc12. The van der Waals surface area contributed by atoms with Crippen LogP contribution in [0, 0.1) is 6.92 Å². The Morgan fingerprint density at radius 3 is 3.05 bits per heavy atom. The molecule has 0 atom stereocenters. The first-order valence-electron chi connectivity index (χ1n) is 6.24. The van der Waals surface area contributed by atoms with Crippen LogP contribution in [0.3, 0.4) is 0 Å². The molecule has 0 fully saturated rings.